The molecule has 8 heteroatoms. The second-order valence-corrected chi connectivity index (χ2v) is 9.32. The number of unbranched alkanes of at least 4 members (excludes halogenated alkanes) is 3. The molecule has 0 aliphatic carbocycles. The minimum Gasteiger partial charge on any atom is -0.340 e. The lowest BCUT2D eigenvalue weighted by atomic mass is 10.1. The van der Waals surface area contributed by atoms with Crippen molar-refractivity contribution in [1.82, 2.24) is 19.6 Å². The number of nitrogens with zero attached hydrogens (tertiary/aromatic N) is 4. The van der Waals surface area contributed by atoms with Crippen LogP contribution in [0.1, 0.15) is 38.5 Å². The van der Waals surface area contributed by atoms with Gasteiger partial charge in [-0.25, -0.2) is 0 Å². The monoisotopic (exact) mass is 522 g/mol. The van der Waals surface area contributed by atoms with Crippen molar-refractivity contribution < 1.29 is 9.59 Å². The van der Waals surface area contributed by atoms with Crippen LogP contribution in [0.4, 0.5) is 0 Å². The van der Waals surface area contributed by atoms with Crippen molar-refractivity contribution in [3.8, 4) is 0 Å². The maximum atomic E-state index is 11.9. The Bertz CT molecular complexity index is 423. The fraction of sp³-hybridized carbons (Fsp3) is 0.900. The molecule has 0 bridgehead atoms. The van der Waals surface area contributed by atoms with E-state index < -0.39 is 0 Å². The molecule has 0 aromatic carbocycles. The second kappa shape index (κ2) is 13.9. The lowest BCUT2D eigenvalue weighted by Crippen LogP contribution is -2.49. The number of hydrogen-bond acceptors (Lipinski definition) is 4. The molecule has 2 fully saturated rings. The van der Waals surface area contributed by atoms with E-state index in [-0.39, 0.29) is 11.8 Å². The predicted molar refractivity (Wildman–Crippen MR) is 121 cm³/mol. The molecule has 2 saturated heterocycles. The summed E-state index contributed by atoms with van der Waals surface area (Å²) >= 11 is 6.69. The molecule has 0 N–H and O–H groups in total. The Hall–Kier alpha value is -0.180. The average Bonchev–Trinajstić information content (AvgIpc) is 2.72. The van der Waals surface area contributed by atoms with E-state index in [0.29, 0.717) is 12.8 Å². The molecule has 28 heavy (non-hydrogen) atoms. The van der Waals surface area contributed by atoms with Gasteiger partial charge in [-0.2, -0.15) is 0 Å². The van der Waals surface area contributed by atoms with Gasteiger partial charge in [0.1, 0.15) is 0 Å². The Labute approximate surface area is 187 Å². The van der Waals surface area contributed by atoms with E-state index in [9.17, 15) is 9.59 Å². The van der Waals surface area contributed by atoms with E-state index >= 15 is 0 Å². The Balaban J connectivity index is 1.44. The van der Waals surface area contributed by atoms with Gasteiger partial charge in [0.15, 0.2) is 0 Å². The highest BCUT2D eigenvalue weighted by Crippen LogP contribution is 2.10. The number of carbonyl (C=O) groups excluding carboxylic acids is 2. The highest BCUT2D eigenvalue weighted by molar-refractivity contribution is 9.09. The van der Waals surface area contributed by atoms with Gasteiger partial charge in [0.25, 0.3) is 0 Å². The van der Waals surface area contributed by atoms with Crippen molar-refractivity contribution in [2.45, 2.75) is 38.5 Å². The van der Waals surface area contributed by atoms with Crippen molar-refractivity contribution in [3.05, 3.63) is 0 Å². The first kappa shape index (κ1) is 24.1. The second-order valence-electron chi connectivity index (χ2n) is 7.74. The summed E-state index contributed by atoms with van der Waals surface area (Å²) in [5.41, 5.74) is 0. The van der Waals surface area contributed by atoms with E-state index in [1.165, 1.54) is 25.7 Å². The van der Waals surface area contributed by atoms with Gasteiger partial charge in [0, 0.05) is 75.9 Å². The lowest BCUT2D eigenvalue weighted by Gasteiger charge is -2.35. The smallest absolute Gasteiger partial charge is 0.223 e. The Morgan fingerprint density at radius 2 is 0.929 bits per heavy atom. The third kappa shape index (κ3) is 8.67. The van der Waals surface area contributed by atoms with Crippen LogP contribution in [0.15, 0.2) is 0 Å². The molecular formula is C20H36Br2N4O2. The summed E-state index contributed by atoms with van der Waals surface area (Å²) in [7, 11) is 0. The molecule has 2 amide bonds. The van der Waals surface area contributed by atoms with Gasteiger partial charge in [-0.1, -0.05) is 44.7 Å². The van der Waals surface area contributed by atoms with Crippen LogP contribution in [0.25, 0.3) is 0 Å². The zero-order valence-corrected chi connectivity index (χ0v) is 20.3. The molecule has 0 aromatic heterocycles. The Kier molecular flexibility index (Phi) is 12.0. The molecule has 6 nitrogen and oxygen atoms in total. The maximum absolute atomic E-state index is 11.9. The van der Waals surface area contributed by atoms with Crippen LogP contribution in [0.3, 0.4) is 0 Å². The zero-order valence-electron chi connectivity index (χ0n) is 17.1. The molecule has 0 saturated carbocycles. The molecule has 2 aliphatic rings. The number of rotatable bonds is 11. The first-order valence-electron chi connectivity index (χ1n) is 10.8. The Morgan fingerprint density at radius 3 is 1.25 bits per heavy atom. The van der Waals surface area contributed by atoms with Crippen LogP contribution in [0.5, 0.6) is 0 Å². The fourth-order valence-electron chi connectivity index (χ4n) is 3.94. The minimum absolute atomic E-state index is 0.282. The summed E-state index contributed by atoms with van der Waals surface area (Å²) in [6.07, 6.45) is 6.30. The van der Waals surface area contributed by atoms with Crippen LogP contribution in [-0.4, -0.2) is 108 Å². The van der Waals surface area contributed by atoms with Crippen molar-refractivity contribution in [2.75, 3.05) is 76.1 Å². The fourth-order valence-corrected chi connectivity index (χ4v) is 4.62. The van der Waals surface area contributed by atoms with E-state index in [4.69, 9.17) is 0 Å². The van der Waals surface area contributed by atoms with Gasteiger partial charge in [-0.3, -0.25) is 19.4 Å². The maximum Gasteiger partial charge on any atom is 0.223 e. The first-order chi connectivity index (χ1) is 13.6. The van der Waals surface area contributed by atoms with Gasteiger partial charge < -0.3 is 9.80 Å². The Morgan fingerprint density at radius 1 is 0.571 bits per heavy atom. The van der Waals surface area contributed by atoms with Gasteiger partial charge in [-0.15, -0.1) is 0 Å². The zero-order chi connectivity index (χ0) is 20.2. The lowest BCUT2D eigenvalue weighted by molar-refractivity contribution is -0.133. The van der Waals surface area contributed by atoms with Crippen LogP contribution < -0.4 is 0 Å². The molecule has 2 rings (SSSR count). The number of halogens is 2. The summed E-state index contributed by atoms with van der Waals surface area (Å²) < 4.78 is 0. The number of piperazine rings is 2. The summed E-state index contributed by atoms with van der Waals surface area (Å²) in [5, 5.41) is 1.52. The quantitative estimate of drug-likeness (QED) is 0.308. The standard InChI is InChI=1S/C20H36Br2N4O2/c21-7-5-19(27)25-15-11-23(12-16-25)9-3-1-2-4-10-24-13-17-26(18-14-24)20(28)6-8-22/h1-18H2. The number of hydrogen-bond donors (Lipinski definition) is 0. The SMILES string of the molecule is O=C(CCBr)N1CCN(CCCCCCN2CCN(C(=O)CCBr)CC2)CC1. The van der Waals surface area contributed by atoms with Gasteiger partial charge in [0.05, 0.1) is 0 Å². The van der Waals surface area contributed by atoms with Gasteiger partial charge in [0.2, 0.25) is 11.8 Å². The highest BCUT2D eigenvalue weighted by Gasteiger charge is 2.21. The minimum atomic E-state index is 0.282. The molecule has 162 valence electrons. The van der Waals surface area contributed by atoms with Crippen molar-refractivity contribution in [2.24, 2.45) is 0 Å². The molecule has 0 radical (unpaired) electrons. The van der Waals surface area contributed by atoms with Gasteiger partial charge >= 0.3 is 0 Å². The normalized spacial score (nSPS) is 19.2. The summed E-state index contributed by atoms with van der Waals surface area (Å²) in [6.45, 7) is 9.94. The van der Waals surface area contributed by atoms with Crippen molar-refractivity contribution >= 4 is 43.7 Å². The van der Waals surface area contributed by atoms with E-state index in [0.717, 1.165) is 76.1 Å². The summed E-state index contributed by atoms with van der Waals surface area (Å²) in [4.78, 5) is 32.8. The molecule has 2 heterocycles. The van der Waals surface area contributed by atoms with E-state index in [2.05, 4.69) is 41.7 Å². The highest BCUT2D eigenvalue weighted by atomic mass is 79.9. The van der Waals surface area contributed by atoms with E-state index in [1.807, 2.05) is 9.80 Å². The number of amides is 2. The topological polar surface area (TPSA) is 47.1 Å². The van der Waals surface area contributed by atoms with Crippen LogP contribution in [-0.2, 0) is 9.59 Å². The van der Waals surface area contributed by atoms with Crippen LogP contribution in [0, 0.1) is 0 Å². The van der Waals surface area contributed by atoms with Crippen LogP contribution in [0.2, 0.25) is 0 Å². The average molecular weight is 524 g/mol. The van der Waals surface area contributed by atoms with Crippen molar-refractivity contribution in [1.29, 1.82) is 0 Å². The van der Waals surface area contributed by atoms with E-state index in [1.54, 1.807) is 0 Å². The summed E-state index contributed by atoms with van der Waals surface area (Å²) in [5.74, 6) is 0.565. The molecule has 0 aromatic rings. The number of carbonyl (C=O) groups is 2. The molecular weight excluding hydrogens is 488 g/mol. The molecule has 0 unspecified atom stereocenters. The van der Waals surface area contributed by atoms with Gasteiger partial charge in [-0.05, 0) is 25.9 Å². The third-order valence-electron chi connectivity index (χ3n) is 5.77. The molecule has 0 spiro atoms. The van der Waals surface area contributed by atoms with Crippen molar-refractivity contribution in [3.63, 3.8) is 0 Å². The third-order valence-corrected chi connectivity index (χ3v) is 6.56. The van der Waals surface area contributed by atoms with Crippen LogP contribution >= 0.6 is 31.9 Å². The largest absolute Gasteiger partial charge is 0.340 e. The summed E-state index contributed by atoms with van der Waals surface area (Å²) in [6, 6.07) is 0. The number of alkyl halides is 2. The molecule has 0 atom stereocenters. The molecule has 2 aliphatic heterocycles. The first-order valence-corrected chi connectivity index (χ1v) is 13.0. The predicted octanol–water partition coefficient (Wildman–Crippen LogP) is 2.41.